The highest BCUT2D eigenvalue weighted by Crippen LogP contribution is 2.36. The molecular weight excluding hydrogens is 1360 g/mol. The molecule has 9 aromatic carbocycles. The highest BCUT2D eigenvalue weighted by Gasteiger charge is 2.34. The molecule has 12 aromatic rings. The Morgan fingerprint density at radius 3 is 1.15 bits per heavy atom. The highest BCUT2D eigenvalue weighted by molar-refractivity contribution is 7.92. The number of benzene rings is 9. The predicted octanol–water partition coefficient (Wildman–Crippen LogP) is 17.9. The first-order chi connectivity index (χ1) is 45.3. The molecule has 0 fully saturated rings. The molecule has 0 aliphatic carbocycles. The van der Waals surface area contributed by atoms with Crippen molar-refractivity contribution in [2.75, 3.05) is 32.9 Å². The van der Waals surface area contributed by atoms with Gasteiger partial charge in [-0.2, -0.15) is 26.3 Å². The van der Waals surface area contributed by atoms with Gasteiger partial charge in [0, 0.05) is 22.3 Å². The Morgan fingerprint density at radius 2 is 0.781 bits per heavy atom. The van der Waals surface area contributed by atoms with Crippen LogP contribution in [-0.4, -0.2) is 73.9 Å². The number of hydrogen-bond acceptors (Lipinski definition) is 9. The van der Waals surface area contributed by atoms with E-state index >= 15 is 0 Å². The quantitative estimate of drug-likeness (QED) is 0.0536. The van der Waals surface area contributed by atoms with Gasteiger partial charge in [0.15, 0.2) is 0 Å². The zero-order valence-electron chi connectivity index (χ0n) is 50.1. The Kier molecular flexibility index (Phi) is 20.1. The number of fused-ring (bicyclic) bond motifs is 3. The van der Waals surface area contributed by atoms with Crippen LogP contribution in [-0.2, 0) is 42.4 Å². The number of H-pyrrole nitrogens is 3. The molecule has 3 heterocycles. The van der Waals surface area contributed by atoms with Crippen LogP contribution in [0.5, 0.6) is 0 Å². The monoisotopic (exact) mass is 1410 g/mol. The molecule has 0 atom stereocenters. The molecule has 0 aliphatic heterocycles. The van der Waals surface area contributed by atoms with Crippen LogP contribution in [0.15, 0.2) is 182 Å². The van der Waals surface area contributed by atoms with Gasteiger partial charge in [-0.1, -0.05) is 126 Å². The molecule has 0 aliphatic rings. The number of aromatic nitrogens is 6. The smallest absolute Gasteiger partial charge is 0.338 e. The lowest BCUT2D eigenvalue weighted by molar-refractivity contribution is -0.140. The normalized spacial score (nSPS) is 12.3. The number of halogens is 10. The summed E-state index contributed by atoms with van der Waals surface area (Å²) in [6.45, 7) is 0. The van der Waals surface area contributed by atoms with Gasteiger partial charge in [0.25, 0.3) is 0 Å². The van der Waals surface area contributed by atoms with Crippen molar-refractivity contribution in [1.82, 2.24) is 29.9 Å². The van der Waals surface area contributed by atoms with Gasteiger partial charge in [0.2, 0.25) is 30.1 Å². The minimum Gasteiger partial charge on any atom is -0.338 e. The van der Waals surface area contributed by atoms with Crippen molar-refractivity contribution in [1.29, 1.82) is 0 Å². The van der Waals surface area contributed by atoms with E-state index in [1.54, 1.807) is 109 Å². The third-order valence-electron chi connectivity index (χ3n) is 14.0. The molecule has 3 aromatic heterocycles. The molecule has 492 valence electrons. The third-order valence-corrected chi connectivity index (χ3v) is 16.5. The number of anilines is 3. The Balaban J connectivity index is 0.000000157. The van der Waals surface area contributed by atoms with Crippen molar-refractivity contribution < 1.29 is 60.4 Å². The molecular formula is C68H51Cl2F8N9O6S3. The number of para-hydroxylation sites is 3. The second-order valence-electron chi connectivity index (χ2n) is 21.5. The Morgan fingerprint density at radius 1 is 0.396 bits per heavy atom. The summed E-state index contributed by atoms with van der Waals surface area (Å²) in [6.07, 6.45) is 3.44. The zero-order chi connectivity index (χ0) is 68.9. The van der Waals surface area contributed by atoms with E-state index in [2.05, 4.69) is 44.1 Å². The van der Waals surface area contributed by atoms with Crippen molar-refractivity contribution in [3.8, 4) is 33.4 Å². The van der Waals surface area contributed by atoms with Crippen LogP contribution < -0.4 is 14.2 Å². The van der Waals surface area contributed by atoms with E-state index in [1.807, 2.05) is 48.6 Å². The summed E-state index contributed by atoms with van der Waals surface area (Å²) in [5, 5.41) is 1.00. The Labute approximate surface area is 554 Å². The summed E-state index contributed by atoms with van der Waals surface area (Å²) in [7, 11) is -10.3. The van der Waals surface area contributed by atoms with Crippen LogP contribution in [0.4, 0.5) is 52.2 Å². The van der Waals surface area contributed by atoms with E-state index in [0.29, 0.717) is 89.9 Å². The molecule has 0 saturated carbocycles. The van der Waals surface area contributed by atoms with Crippen molar-refractivity contribution in [3.63, 3.8) is 0 Å². The first kappa shape index (κ1) is 68.7. The number of alkyl halides is 6. The van der Waals surface area contributed by atoms with Gasteiger partial charge in [-0.25, -0.2) is 49.0 Å². The van der Waals surface area contributed by atoms with E-state index in [4.69, 9.17) is 23.2 Å². The van der Waals surface area contributed by atoms with Gasteiger partial charge in [0.05, 0.1) is 90.1 Å². The summed E-state index contributed by atoms with van der Waals surface area (Å²) in [4.78, 5) is 22.8. The largest absolute Gasteiger partial charge is 0.419 e. The SMILES string of the molecule is CS(=O)(=O)Nc1ccccc1-c1ccc2nc(/C=C/c3ccc(C(F)(F)F)c(F)c3)[nH]c2c1.CS(=O)(=O)Nc1ccccc1-c1ccc2nc(/C=C/c3ccc(C(F)(F)F)cc3F)[nH]c2c1.CS(=O)(=O)Nc1ccccc1-c1ccc2nc(/C=C/c3ccc(Cl)c(Cl)c3)[nH]c2c1. The number of aromatic amines is 3. The molecule has 96 heavy (non-hydrogen) atoms. The van der Waals surface area contributed by atoms with Crippen molar-refractivity contribution in [2.45, 2.75) is 12.4 Å². The minimum atomic E-state index is -4.75. The Hall–Kier alpha value is -10.1. The van der Waals surface area contributed by atoms with Crippen LogP contribution in [0.25, 0.3) is 103 Å². The second-order valence-corrected chi connectivity index (χ2v) is 27.5. The highest BCUT2D eigenvalue weighted by atomic mass is 35.5. The van der Waals surface area contributed by atoms with Gasteiger partial charge in [0.1, 0.15) is 29.1 Å². The van der Waals surface area contributed by atoms with E-state index in [-0.39, 0.29) is 11.1 Å². The standard InChI is InChI=1S/2C23H17F4N3O2S.C22H17Cl2N3O2S/c1-33(31,32)30-19-5-3-2-4-16(19)15-8-10-20-21(13-15)29-22(28-20)11-7-14-6-9-17(18(24)12-14)23(25,26)27;1-33(31,32)30-19-5-3-2-4-17(19)15-7-10-20-21(12-15)29-22(28-20)11-8-14-6-9-16(13-18(14)24)23(25,26)27;1-30(28,29)27-19-5-3-2-4-16(19)15-8-10-20-21(13-15)26-22(25-20)11-7-14-6-9-17(23)18(24)12-14/h2*2-13,30H,1H3,(H,28,29);2-13,27H,1H3,(H,25,26)/b11-7+;11-8+;11-7+. The molecule has 0 amide bonds. The topological polar surface area (TPSA) is 225 Å². The fourth-order valence-electron chi connectivity index (χ4n) is 9.74. The van der Waals surface area contributed by atoms with Crippen LogP contribution >= 0.6 is 23.2 Å². The molecule has 15 nitrogen and oxygen atoms in total. The molecule has 0 saturated heterocycles. The van der Waals surface area contributed by atoms with Crippen LogP contribution in [0, 0.1) is 11.6 Å². The van der Waals surface area contributed by atoms with Crippen molar-refractivity contribution in [3.05, 3.63) is 249 Å². The van der Waals surface area contributed by atoms with Crippen molar-refractivity contribution >= 4 is 140 Å². The van der Waals surface area contributed by atoms with Gasteiger partial charge in [-0.05, 0) is 143 Å². The van der Waals surface area contributed by atoms with E-state index in [1.165, 1.54) is 30.4 Å². The first-order valence-electron chi connectivity index (χ1n) is 28.2. The number of rotatable bonds is 15. The lowest BCUT2D eigenvalue weighted by Crippen LogP contribution is -2.10. The van der Waals surface area contributed by atoms with Gasteiger partial charge >= 0.3 is 12.4 Å². The van der Waals surface area contributed by atoms with Crippen molar-refractivity contribution in [2.24, 2.45) is 0 Å². The summed E-state index contributed by atoms with van der Waals surface area (Å²) >= 11 is 12.0. The van der Waals surface area contributed by atoms with Crippen LogP contribution in [0.1, 0.15) is 45.3 Å². The molecule has 12 rings (SSSR count). The van der Waals surface area contributed by atoms with Crippen LogP contribution in [0.3, 0.4) is 0 Å². The molecule has 0 spiro atoms. The first-order valence-corrected chi connectivity index (χ1v) is 34.6. The second kappa shape index (κ2) is 28.1. The number of imidazole rings is 3. The molecule has 28 heteroatoms. The van der Waals surface area contributed by atoms with E-state index in [9.17, 15) is 60.4 Å². The van der Waals surface area contributed by atoms with E-state index in [0.717, 1.165) is 75.8 Å². The maximum atomic E-state index is 14.1. The van der Waals surface area contributed by atoms with Gasteiger partial charge < -0.3 is 15.0 Å². The summed E-state index contributed by atoms with van der Waals surface area (Å²) in [5.41, 5.74) is 8.86. The van der Waals surface area contributed by atoms with Gasteiger partial charge in [-0.15, -0.1) is 0 Å². The zero-order valence-corrected chi connectivity index (χ0v) is 54.0. The van der Waals surface area contributed by atoms with Gasteiger partial charge in [-0.3, -0.25) is 14.2 Å². The third kappa shape index (κ3) is 18.0. The molecule has 0 unspecified atom stereocenters. The average molecular weight is 1410 g/mol. The maximum Gasteiger partial charge on any atom is 0.419 e. The summed E-state index contributed by atoms with van der Waals surface area (Å²) in [5.74, 6) is -0.848. The predicted molar refractivity (Wildman–Crippen MR) is 366 cm³/mol. The molecule has 6 N–H and O–H groups in total. The summed E-state index contributed by atoms with van der Waals surface area (Å²) < 4.78 is 182. The fourth-order valence-corrected chi connectivity index (χ4v) is 11.8. The fraction of sp³-hybridized carbons (Fsp3) is 0.0735. The lowest BCUT2D eigenvalue weighted by Gasteiger charge is -2.10. The van der Waals surface area contributed by atoms with E-state index < -0.39 is 65.2 Å². The Bertz CT molecular complexity index is 5390. The average Bonchev–Trinajstić information content (AvgIpc) is 1.60. The van der Waals surface area contributed by atoms with Crippen LogP contribution in [0.2, 0.25) is 10.0 Å². The lowest BCUT2D eigenvalue weighted by atomic mass is 10.0. The minimum absolute atomic E-state index is 0.00933. The summed E-state index contributed by atoms with van der Waals surface area (Å²) in [6, 6.07) is 48.0. The number of nitrogens with one attached hydrogen (secondary N) is 6. The molecule has 0 bridgehead atoms. The number of nitrogens with zero attached hydrogens (tertiary/aromatic N) is 3. The maximum absolute atomic E-state index is 14.1. The molecule has 0 radical (unpaired) electrons. The number of hydrogen-bond donors (Lipinski definition) is 6. The number of sulfonamides is 3.